The molecule has 0 saturated heterocycles. The molecular formula is C32H44O. The zero-order chi connectivity index (χ0) is 23.4. The monoisotopic (exact) mass is 444 g/mol. The van der Waals surface area contributed by atoms with Crippen LogP contribution in [-0.2, 0) is 0 Å². The van der Waals surface area contributed by atoms with Crippen molar-refractivity contribution >= 4 is 6.08 Å². The Bertz CT molecular complexity index is 979. The second-order valence-electron chi connectivity index (χ2n) is 12.7. The van der Waals surface area contributed by atoms with Gasteiger partial charge < -0.3 is 5.11 Å². The van der Waals surface area contributed by atoms with Crippen LogP contribution in [0.1, 0.15) is 91.5 Å². The SMILES string of the molecule is C[C@H](C/C=C/c1ccccc1)[C@H]1CC=C2C3=C(CC[C@@]21C)[C@@]1(C)CC[C@H](O)C(C)(C)[C@@H]1CC3. The molecule has 0 aliphatic heterocycles. The summed E-state index contributed by atoms with van der Waals surface area (Å²) in [4.78, 5) is 0. The fourth-order valence-corrected chi connectivity index (χ4v) is 8.72. The van der Waals surface area contributed by atoms with Gasteiger partial charge in [-0.15, -0.1) is 0 Å². The molecule has 4 aliphatic carbocycles. The third-order valence-electron chi connectivity index (χ3n) is 10.7. The lowest BCUT2D eigenvalue weighted by atomic mass is 9.46. The van der Waals surface area contributed by atoms with Crippen molar-refractivity contribution in [2.75, 3.05) is 0 Å². The van der Waals surface area contributed by atoms with E-state index in [0.717, 1.165) is 25.2 Å². The first-order chi connectivity index (χ1) is 15.7. The van der Waals surface area contributed by atoms with E-state index in [1.165, 1.54) is 37.7 Å². The van der Waals surface area contributed by atoms with Crippen molar-refractivity contribution in [3.8, 4) is 0 Å². The van der Waals surface area contributed by atoms with Crippen LogP contribution < -0.4 is 0 Å². The zero-order valence-electron chi connectivity index (χ0n) is 21.5. The minimum atomic E-state index is -0.147. The van der Waals surface area contributed by atoms with Crippen LogP contribution in [0.4, 0.5) is 0 Å². The number of hydrogen-bond acceptors (Lipinski definition) is 1. The largest absolute Gasteiger partial charge is 0.393 e. The van der Waals surface area contributed by atoms with E-state index in [1.807, 2.05) is 0 Å². The molecule has 1 nitrogen and oxygen atoms in total. The summed E-state index contributed by atoms with van der Waals surface area (Å²) in [5.41, 5.74) is 7.18. The maximum Gasteiger partial charge on any atom is 0.0594 e. The molecule has 1 N–H and O–H groups in total. The molecule has 0 unspecified atom stereocenters. The van der Waals surface area contributed by atoms with Gasteiger partial charge in [0.05, 0.1) is 6.10 Å². The van der Waals surface area contributed by atoms with Gasteiger partial charge in [0.2, 0.25) is 0 Å². The third kappa shape index (κ3) is 3.61. The molecule has 0 bridgehead atoms. The van der Waals surface area contributed by atoms with E-state index in [4.69, 9.17) is 0 Å². The number of allylic oxidation sites excluding steroid dienone is 5. The highest BCUT2D eigenvalue weighted by molar-refractivity contribution is 5.50. The fraction of sp³-hybridized carbons (Fsp3) is 0.625. The Balaban J connectivity index is 1.37. The lowest BCUT2D eigenvalue weighted by Crippen LogP contribution is -2.53. The van der Waals surface area contributed by atoms with Crippen LogP contribution in [0, 0.1) is 34.0 Å². The van der Waals surface area contributed by atoms with Gasteiger partial charge >= 0.3 is 0 Å². The number of fused-ring (bicyclic) bond motifs is 4. The van der Waals surface area contributed by atoms with Gasteiger partial charge in [0, 0.05) is 0 Å². The van der Waals surface area contributed by atoms with Gasteiger partial charge in [-0.25, -0.2) is 0 Å². The highest BCUT2D eigenvalue weighted by Gasteiger charge is 2.57. The standard InChI is InChI=1S/C32H44O/c1-22(10-9-13-23-11-7-6-8-12-23)25-15-16-26-24-14-17-28-30(2,3)29(33)19-21-32(28,5)27(24)18-20-31(25,26)4/h6-9,11-13,16,22,25,28-29,33H,10,14-15,17-21H2,1-5H3/b13-9+/t22-,25-,28+,29+,31-,32-/m1/s1. The van der Waals surface area contributed by atoms with Crippen LogP contribution in [-0.4, -0.2) is 11.2 Å². The molecule has 4 aliphatic rings. The number of aliphatic hydroxyl groups is 1. The lowest BCUT2D eigenvalue weighted by molar-refractivity contribution is -0.0905. The first-order valence-corrected chi connectivity index (χ1v) is 13.5. The lowest BCUT2D eigenvalue weighted by Gasteiger charge is -2.59. The van der Waals surface area contributed by atoms with E-state index in [9.17, 15) is 5.11 Å². The predicted octanol–water partition coefficient (Wildman–Crippen LogP) is 8.37. The molecular weight excluding hydrogens is 400 g/mol. The molecule has 0 amide bonds. The summed E-state index contributed by atoms with van der Waals surface area (Å²) < 4.78 is 0. The van der Waals surface area contributed by atoms with Crippen LogP contribution in [0.2, 0.25) is 0 Å². The molecule has 5 rings (SSSR count). The summed E-state index contributed by atoms with van der Waals surface area (Å²) in [5.74, 6) is 2.05. The fourth-order valence-electron chi connectivity index (χ4n) is 8.72. The molecule has 0 radical (unpaired) electrons. The molecule has 1 saturated carbocycles. The molecule has 0 spiro atoms. The second-order valence-corrected chi connectivity index (χ2v) is 12.7. The quantitative estimate of drug-likeness (QED) is 0.494. The topological polar surface area (TPSA) is 20.2 Å². The van der Waals surface area contributed by atoms with Crippen LogP contribution in [0.5, 0.6) is 0 Å². The number of rotatable bonds is 4. The highest BCUT2D eigenvalue weighted by Crippen LogP contribution is 2.66. The van der Waals surface area contributed by atoms with Gasteiger partial charge in [-0.2, -0.15) is 0 Å². The molecule has 33 heavy (non-hydrogen) atoms. The van der Waals surface area contributed by atoms with Gasteiger partial charge in [0.1, 0.15) is 0 Å². The van der Waals surface area contributed by atoms with Crippen molar-refractivity contribution in [3.63, 3.8) is 0 Å². The van der Waals surface area contributed by atoms with E-state index < -0.39 is 0 Å². The Morgan fingerprint density at radius 1 is 1.00 bits per heavy atom. The number of benzene rings is 1. The summed E-state index contributed by atoms with van der Waals surface area (Å²) >= 11 is 0. The molecule has 1 fully saturated rings. The Labute approximate surface area is 202 Å². The van der Waals surface area contributed by atoms with Gasteiger partial charge in [-0.1, -0.05) is 88.8 Å². The number of aliphatic hydroxyl groups excluding tert-OH is 1. The van der Waals surface area contributed by atoms with Crippen molar-refractivity contribution in [1.82, 2.24) is 0 Å². The summed E-state index contributed by atoms with van der Waals surface area (Å²) in [5, 5.41) is 10.8. The predicted molar refractivity (Wildman–Crippen MR) is 140 cm³/mol. The average molecular weight is 445 g/mol. The average Bonchev–Trinajstić information content (AvgIpc) is 3.15. The summed E-state index contributed by atoms with van der Waals surface area (Å²) in [6, 6.07) is 10.7. The van der Waals surface area contributed by atoms with E-state index in [2.05, 4.69) is 83.2 Å². The smallest absolute Gasteiger partial charge is 0.0594 e. The van der Waals surface area contributed by atoms with Crippen LogP contribution in [0.25, 0.3) is 6.08 Å². The molecule has 1 aromatic carbocycles. The van der Waals surface area contributed by atoms with Crippen LogP contribution >= 0.6 is 0 Å². The molecule has 178 valence electrons. The highest BCUT2D eigenvalue weighted by atomic mass is 16.3. The van der Waals surface area contributed by atoms with Crippen molar-refractivity contribution in [3.05, 3.63) is 64.8 Å². The Morgan fingerprint density at radius 2 is 1.76 bits per heavy atom. The minimum Gasteiger partial charge on any atom is -0.393 e. The third-order valence-corrected chi connectivity index (χ3v) is 10.7. The van der Waals surface area contributed by atoms with E-state index >= 15 is 0 Å². The summed E-state index contributed by atoms with van der Waals surface area (Å²) in [7, 11) is 0. The normalized spacial score (nSPS) is 38.5. The van der Waals surface area contributed by atoms with Crippen molar-refractivity contribution < 1.29 is 5.11 Å². The maximum atomic E-state index is 10.8. The second kappa shape index (κ2) is 8.26. The Kier molecular flexibility index (Phi) is 5.80. The molecule has 6 atom stereocenters. The Morgan fingerprint density at radius 3 is 2.52 bits per heavy atom. The Hall–Kier alpha value is -1.60. The van der Waals surface area contributed by atoms with Gasteiger partial charge in [-0.3, -0.25) is 0 Å². The summed E-state index contributed by atoms with van der Waals surface area (Å²) in [6.45, 7) is 12.3. The van der Waals surface area contributed by atoms with E-state index in [1.54, 1.807) is 16.7 Å². The van der Waals surface area contributed by atoms with Gasteiger partial charge in [0.25, 0.3) is 0 Å². The minimum absolute atomic E-state index is 0.0263. The van der Waals surface area contributed by atoms with Crippen LogP contribution in [0.15, 0.2) is 59.2 Å². The van der Waals surface area contributed by atoms with E-state index in [0.29, 0.717) is 17.3 Å². The van der Waals surface area contributed by atoms with Gasteiger partial charge in [0.15, 0.2) is 0 Å². The van der Waals surface area contributed by atoms with E-state index in [-0.39, 0.29) is 16.9 Å². The van der Waals surface area contributed by atoms with Crippen molar-refractivity contribution in [2.45, 2.75) is 92.1 Å². The maximum absolute atomic E-state index is 10.8. The zero-order valence-corrected chi connectivity index (χ0v) is 21.5. The molecule has 1 heteroatoms. The van der Waals surface area contributed by atoms with Crippen molar-refractivity contribution in [1.29, 1.82) is 0 Å². The van der Waals surface area contributed by atoms with Gasteiger partial charge in [-0.05, 0) is 102 Å². The summed E-state index contributed by atoms with van der Waals surface area (Å²) in [6.07, 6.45) is 16.8. The van der Waals surface area contributed by atoms with Crippen LogP contribution in [0.3, 0.4) is 0 Å². The molecule has 0 aromatic heterocycles. The molecule has 0 heterocycles. The number of hydrogen-bond donors (Lipinski definition) is 1. The molecule has 1 aromatic rings. The first-order valence-electron chi connectivity index (χ1n) is 13.5. The first kappa shape index (κ1) is 23.2. The van der Waals surface area contributed by atoms with Crippen molar-refractivity contribution in [2.24, 2.45) is 34.0 Å².